The number of esters is 1. The number of ether oxygens (including phenoxy) is 1. The van der Waals surface area contributed by atoms with Crippen LogP contribution in [0.1, 0.15) is 42.2 Å². The number of ketones is 1. The van der Waals surface area contributed by atoms with Gasteiger partial charge < -0.3 is 4.74 Å². The van der Waals surface area contributed by atoms with E-state index in [1.54, 1.807) is 6.07 Å². The molecule has 1 aliphatic heterocycles. The summed E-state index contributed by atoms with van der Waals surface area (Å²) in [5.41, 5.74) is -1.01. The van der Waals surface area contributed by atoms with Crippen molar-refractivity contribution in [2.24, 2.45) is 0 Å². The van der Waals surface area contributed by atoms with Crippen molar-refractivity contribution in [3.8, 4) is 0 Å². The predicted molar refractivity (Wildman–Crippen MR) is 97.4 cm³/mol. The molecule has 10 heteroatoms. The van der Waals surface area contributed by atoms with Gasteiger partial charge in [-0.15, -0.1) is 11.3 Å². The van der Waals surface area contributed by atoms with Gasteiger partial charge in [-0.2, -0.15) is 0 Å². The van der Waals surface area contributed by atoms with E-state index in [0.29, 0.717) is 9.78 Å². The lowest BCUT2D eigenvalue weighted by Crippen LogP contribution is -2.36. The number of amides is 2. The Labute approximate surface area is 162 Å². The summed E-state index contributed by atoms with van der Waals surface area (Å²) in [5.74, 6) is -3.12. The highest BCUT2D eigenvalue weighted by molar-refractivity contribution is 7.14. The molecule has 0 N–H and O–H groups in total. The maximum Gasteiger partial charge on any atom is 0.326 e. The second-order valence-corrected chi connectivity index (χ2v) is 7.02. The number of carbonyl (C=O) groups excluding carboxylic acids is 4. The van der Waals surface area contributed by atoms with Crippen LogP contribution in [0, 0.1) is 10.1 Å². The SMILES string of the molecule is CCc1ccc(C(=O)COC(=O)CN2C(=O)c3cccc([N+](=O)[O-])c3C2=O)s1. The zero-order valence-electron chi connectivity index (χ0n) is 14.7. The lowest BCUT2D eigenvalue weighted by Gasteiger charge is -2.12. The summed E-state index contributed by atoms with van der Waals surface area (Å²) >= 11 is 1.30. The van der Waals surface area contributed by atoms with Crippen molar-refractivity contribution >= 4 is 40.6 Å². The molecule has 28 heavy (non-hydrogen) atoms. The van der Waals surface area contributed by atoms with Crippen LogP contribution < -0.4 is 0 Å². The van der Waals surface area contributed by atoms with Crippen molar-refractivity contribution in [2.75, 3.05) is 13.2 Å². The fourth-order valence-corrected chi connectivity index (χ4v) is 3.59. The summed E-state index contributed by atoms with van der Waals surface area (Å²) in [7, 11) is 0. The monoisotopic (exact) mass is 402 g/mol. The molecule has 2 heterocycles. The third-order valence-electron chi connectivity index (χ3n) is 4.11. The van der Waals surface area contributed by atoms with Gasteiger partial charge in [-0.25, -0.2) is 0 Å². The van der Waals surface area contributed by atoms with Crippen LogP contribution in [0.15, 0.2) is 30.3 Å². The van der Waals surface area contributed by atoms with E-state index in [2.05, 4.69) is 0 Å². The summed E-state index contributed by atoms with van der Waals surface area (Å²) < 4.78 is 4.87. The number of imide groups is 1. The molecular weight excluding hydrogens is 388 g/mol. The Balaban J connectivity index is 1.65. The van der Waals surface area contributed by atoms with Crippen LogP contribution in [0.5, 0.6) is 0 Å². The highest BCUT2D eigenvalue weighted by Gasteiger charge is 2.41. The maximum atomic E-state index is 12.4. The van der Waals surface area contributed by atoms with Gasteiger partial charge in [0.15, 0.2) is 6.61 Å². The number of Topliss-reactive ketones (excluding diaryl/α,β-unsaturated/α-hetero) is 1. The van der Waals surface area contributed by atoms with Crippen LogP contribution >= 0.6 is 11.3 Å². The molecule has 1 aromatic heterocycles. The number of hydrogen-bond donors (Lipinski definition) is 0. The minimum Gasteiger partial charge on any atom is -0.456 e. The Morgan fingerprint density at radius 2 is 1.93 bits per heavy atom. The summed E-state index contributed by atoms with van der Waals surface area (Å²) in [4.78, 5) is 61.1. The molecule has 0 radical (unpaired) electrons. The first kappa shape index (κ1) is 19.4. The molecule has 0 unspecified atom stereocenters. The Hall–Kier alpha value is -3.40. The average Bonchev–Trinajstić information content (AvgIpc) is 3.25. The van der Waals surface area contributed by atoms with E-state index >= 15 is 0 Å². The van der Waals surface area contributed by atoms with Crippen molar-refractivity contribution in [1.82, 2.24) is 4.90 Å². The number of carbonyl (C=O) groups is 4. The van der Waals surface area contributed by atoms with Crippen LogP contribution in [0.25, 0.3) is 0 Å². The predicted octanol–water partition coefficient (Wildman–Crippen LogP) is 2.24. The van der Waals surface area contributed by atoms with E-state index in [4.69, 9.17) is 4.74 Å². The van der Waals surface area contributed by atoms with E-state index < -0.39 is 47.3 Å². The first-order valence-corrected chi connectivity index (χ1v) is 9.06. The molecule has 2 amide bonds. The number of benzene rings is 1. The van der Waals surface area contributed by atoms with Crippen LogP contribution in [0.4, 0.5) is 5.69 Å². The van der Waals surface area contributed by atoms with Crippen molar-refractivity contribution in [3.05, 3.63) is 61.3 Å². The molecule has 0 saturated heterocycles. The number of hydrogen-bond acceptors (Lipinski definition) is 8. The Kier molecular flexibility index (Phi) is 5.32. The number of aryl methyl sites for hydroxylation is 1. The van der Waals surface area contributed by atoms with Gasteiger partial charge in [-0.1, -0.05) is 13.0 Å². The smallest absolute Gasteiger partial charge is 0.326 e. The molecule has 0 saturated carbocycles. The van der Waals surface area contributed by atoms with Gasteiger partial charge in [-0.05, 0) is 24.6 Å². The molecule has 0 aliphatic carbocycles. The Morgan fingerprint density at radius 1 is 1.18 bits per heavy atom. The van der Waals surface area contributed by atoms with Gasteiger partial charge in [0.2, 0.25) is 5.78 Å². The van der Waals surface area contributed by atoms with Crippen molar-refractivity contribution in [1.29, 1.82) is 0 Å². The number of rotatable bonds is 7. The number of nitrogens with zero attached hydrogens (tertiary/aromatic N) is 2. The summed E-state index contributed by atoms with van der Waals surface area (Å²) in [6.07, 6.45) is 0.781. The van der Waals surface area contributed by atoms with Gasteiger partial charge in [0, 0.05) is 10.9 Å². The van der Waals surface area contributed by atoms with Gasteiger partial charge in [0.25, 0.3) is 17.5 Å². The first-order valence-electron chi connectivity index (χ1n) is 8.24. The van der Waals surface area contributed by atoms with E-state index in [1.807, 2.05) is 13.0 Å². The first-order chi connectivity index (χ1) is 13.3. The lowest BCUT2D eigenvalue weighted by molar-refractivity contribution is -0.385. The largest absolute Gasteiger partial charge is 0.456 e. The molecule has 144 valence electrons. The molecule has 1 aliphatic rings. The summed E-state index contributed by atoms with van der Waals surface area (Å²) in [5, 5.41) is 11.1. The third kappa shape index (κ3) is 3.54. The topological polar surface area (TPSA) is 124 Å². The van der Waals surface area contributed by atoms with Crippen LogP contribution in [-0.2, 0) is 16.0 Å². The highest BCUT2D eigenvalue weighted by atomic mass is 32.1. The molecule has 0 spiro atoms. The Morgan fingerprint density at radius 3 is 2.57 bits per heavy atom. The molecule has 9 nitrogen and oxygen atoms in total. The minimum atomic E-state index is -0.960. The maximum absolute atomic E-state index is 12.4. The highest BCUT2D eigenvalue weighted by Crippen LogP contribution is 2.30. The fourth-order valence-electron chi connectivity index (χ4n) is 2.72. The molecule has 1 aromatic carbocycles. The number of thiophene rings is 1. The van der Waals surface area contributed by atoms with E-state index in [-0.39, 0.29) is 11.1 Å². The zero-order valence-corrected chi connectivity index (χ0v) is 15.5. The van der Waals surface area contributed by atoms with Crippen LogP contribution in [0.3, 0.4) is 0 Å². The standard InChI is InChI=1S/C18H14N2O7S/c1-2-10-6-7-14(28-10)13(21)9-27-15(22)8-19-17(23)11-4-3-5-12(20(25)26)16(11)18(19)24/h3-7H,2,8-9H2,1H3. The number of fused-ring (bicyclic) bond motifs is 1. The lowest BCUT2D eigenvalue weighted by atomic mass is 10.1. The molecule has 0 atom stereocenters. The van der Waals surface area contributed by atoms with Gasteiger partial charge in [-0.3, -0.25) is 34.2 Å². The Bertz CT molecular complexity index is 1010. The number of nitro groups is 1. The molecule has 3 rings (SSSR count). The van der Waals surface area contributed by atoms with Gasteiger partial charge >= 0.3 is 5.97 Å². The number of nitro benzene ring substituents is 1. The second-order valence-electron chi connectivity index (χ2n) is 5.86. The normalized spacial score (nSPS) is 12.8. The summed E-state index contributed by atoms with van der Waals surface area (Å²) in [6.45, 7) is 0.694. The van der Waals surface area contributed by atoms with Crippen LogP contribution in [-0.4, -0.2) is 46.5 Å². The minimum absolute atomic E-state index is 0.145. The van der Waals surface area contributed by atoms with Gasteiger partial charge in [0.1, 0.15) is 12.1 Å². The van der Waals surface area contributed by atoms with E-state index in [1.165, 1.54) is 23.5 Å². The fraction of sp³-hybridized carbons (Fsp3) is 0.222. The summed E-state index contributed by atoms with van der Waals surface area (Å²) in [6, 6.07) is 7.12. The van der Waals surface area contributed by atoms with Crippen molar-refractivity contribution < 1.29 is 28.8 Å². The van der Waals surface area contributed by atoms with E-state index in [9.17, 15) is 29.3 Å². The molecular formula is C18H14N2O7S. The molecule has 2 aromatic rings. The van der Waals surface area contributed by atoms with Crippen LogP contribution in [0.2, 0.25) is 0 Å². The quantitative estimate of drug-likeness (QED) is 0.229. The second kappa shape index (κ2) is 7.69. The third-order valence-corrected chi connectivity index (χ3v) is 5.38. The molecule has 0 bridgehead atoms. The van der Waals surface area contributed by atoms with Crippen molar-refractivity contribution in [3.63, 3.8) is 0 Å². The average molecular weight is 402 g/mol. The zero-order chi connectivity index (χ0) is 20.4. The molecule has 0 fully saturated rings. The van der Waals surface area contributed by atoms with Gasteiger partial charge in [0.05, 0.1) is 15.4 Å². The van der Waals surface area contributed by atoms with Crippen molar-refractivity contribution in [2.45, 2.75) is 13.3 Å². The van der Waals surface area contributed by atoms with E-state index in [0.717, 1.165) is 17.4 Å².